The summed E-state index contributed by atoms with van der Waals surface area (Å²) in [4.78, 5) is 16.1. The first-order chi connectivity index (χ1) is 8.97. The molecule has 0 saturated heterocycles. The average molecular weight is 254 g/mol. The van der Waals surface area contributed by atoms with E-state index in [1.165, 1.54) is 5.56 Å². The van der Waals surface area contributed by atoms with Crippen molar-refractivity contribution >= 4 is 11.7 Å². The zero-order valence-corrected chi connectivity index (χ0v) is 11.5. The molecule has 0 aliphatic heterocycles. The van der Waals surface area contributed by atoms with Crippen molar-refractivity contribution in [2.45, 2.75) is 26.2 Å². The highest BCUT2D eigenvalue weighted by molar-refractivity contribution is 6.03. The molecule has 1 N–H and O–H groups in total. The maximum atomic E-state index is 12.0. The van der Waals surface area contributed by atoms with Crippen molar-refractivity contribution in [2.24, 2.45) is 0 Å². The molecular formula is C16H18N2O. The molecule has 1 aromatic carbocycles. The molecule has 0 spiro atoms. The van der Waals surface area contributed by atoms with Gasteiger partial charge in [0.2, 0.25) is 0 Å². The van der Waals surface area contributed by atoms with Gasteiger partial charge in [0.1, 0.15) is 5.82 Å². The van der Waals surface area contributed by atoms with Crippen molar-refractivity contribution in [1.82, 2.24) is 4.98 Å². The third-order valence-corrected chi connectivity index (χ3v) is 2.92. The Morgan fingerprint density at radius 3 is 2.26 bits per heavy atom. The highest BCUT2D eigenvalue weighted by atomic mass is 16.1. The van der Waals surface area contributed by atoms with Gasteiger partial charge in [-0.3, -0.25) is 4.79 Å². The van der Waals surface area contributed by atoms with Gasteiger partial charge in [-0.2, -0.15) is 0 Å². The van der Waals surface area contributed by atoms with Crippen LogP contribution in [0.15, 0.2) is 48.7 Å². The minimum atomic E-state index is -0.140. The second kappa shape index (κ2) is 5.22. The van der Waals surface area contributed by atoms with E-state index in [9.17, 15) is 4.79 Å². The summed E-state index contributed by atoms with van der Waals surface area (Å²) in [6.07, 6.45) is 1.65. The summed E-state index contributed by atoms with van der Waals surface area (Å²) in [5, 5.41) is 2.77. The maximum Gasteiger partial charge on any atom is 0.256 e. The molecule has 0 aliphatic rings. The number of carbonyl (C=O) groups is 1. The zero-order valence-electron chi connectivity index (χ0n) is 11.5. The average Bonchev–Trinajstić information content (AvgIpc) is 2.39. The summed E-state index contributed by atoms with van der Waals surface area (Å²) in [5.41, 5.74) is 1.94. The monoisotopic (exact) mass is 254 g/mol. The Morgan fingerprint density at radius 1 is 1.05 bits per heavy atom. The largest absolute Gasteiger partial charge is 0.307 e. The van der Waals surface area contributed by atoms with Crippen LogP contribution in [0.1, 0.15) is 36.7 Å². The molecule has 0 unspecified atom stereocenters. The standard InChI is InChI=1S/C16H18N2O/c1-16(2,3)13-9-7-12(8-10-13)15(19)18-14-6-4-5-11-17-14/h4-11H,1-3H3,(H,17,18,19). The van der Waals surface area contributed by atoms with Gasteiger partial charge in [0.05, 0.1) is 0 Å². The fourth-order valence-electron chi connectivity index (χ4n) is 1.75. The lowest BCUT2D eigenvalue weighted by molar-refractivity contribution is 0.102. The van der Waals surface area contributed by atoms with E-state index in [4.69, 9.17) is 0 Å². The van der Waals surface area contributed by atoms with Crippen molar-refractivity contribution in [3.63, 3.8) is 0 Å². The van der Waals surface area contributed by atoms with E-state index in [-0.39, 0.29) is 11.3 Å². The third-order valence-electron chi connectivity index (χ3n) is 2.92. The van der Waals surface area contributed by atoms with Crippen LogP contribution in [0.4, 0.5) is 5.82 Å². The third kappa shape index (κ3) is 3.41. The number of aromatic nitrogens is 1. The first kappa shape index (κ1) is 13.3. The van der Waals surface area contributed by atoms with Crippen molar-refractivity contribution < 1.29 is 4.79 Å². The van der Waals surface area contributed by atoms with E-state index in [1.54, 1.807) is 12.3 Å². The Morgan fingerprint density at radius 2 is 1.74 bits per heavy atom. The van der Waals surface area contributed by atoms with Crippen LogP contribution in [0.2, 0.25) is 0 Å². The second-order valence-electron chi connectivity index (χ2n) is 5.50. The normalized spacial score (nSPS) is 11.1. The Hall–Kier alpha value is -2.16. The van der Waals surface area contributed by atoms with Crippen LogP contribution in [0.25, 0.3) is 0 Å². The molecule has 1 amide bonds. The lowest BCUT2D eigenvalue weighted by Gasteiger charge is -2.19. The van der Waals surface area contributed by atoms with Gasteiger partial charge in [0, 0.05) is 11.8 Å². The predicted octanol–water partition coefficient (Wildman–Crippen LogP) is 3.63. The van der Waals surface area contributed by atoms with Gasteiger partial charge >= 0.3 is 0 Å². The van der Waals surface area contributed by atoms with Gasteiger partial charge in [-0.15, -0.1) is 0 Å². The van der Waals surface area contributed by atoms with Gasteiger partial charge in [-0.1, -0.05) is 39.0 Å². The molecule has 1 aromatic heterocycles. The number of amides is 1. The Kier molecular flexibility index (Phi) is 3.65. The van der Waals surface area contributed by atoms with E-state index in [2.05, 4.69) is 31.1 Å². The van der Waals surface area contributed by atoms with Crippen molar-refractivity contribution in [3.05, 3.63) is 59.8 Å². The molecule has 0 saturated carbocycles. The number of hydrogen-bond donors (Lipinski definition) is 1. The highest BCUT2D eigenvalue weighted by Crippen LogP contribution is 2.22. The molecule has 0 fully saturated rings. The predicted molar refractivity (Wildman–Crippen MR) is 77.3 cm³/mol. The number of benzene rings is 1. The van der Waals surface area contributed by atoms with Gasteiger partial charge in [-0.25, -0.2) is 4.98 Å². The Labute approximate surface area is 113 Å². The molecule has 2 aromatic rings. The first-order valence-electron chi connectivity index (χ1n) is 6.30. The smallest absolute Gasteiger partial charge is 0.256 e. The second-order valence-corrected chi connectivity index (χ2v) is 5.50. The molecule has 0 aliphatic carbocycles. The minimum absolute atomic E-state index is 0.0932. The molecule has 2 rings (SSSR count). The zero-order chi connectivity index (χ0) is 13.9. The Bertz CT molecular complexity index is 554. The summed E-state index contributed by atoms with van der Waals surface area (Å²) in [5.74, 6) is 0.423. The summed E-state index contributed by atoms with van der Waals surface area (Å²) in [6, 6.07) is 13.1. The number of nitrogens with zero attached hydrogens (tertiary/aromatic N) is 1. The molecule has 0 bridgehead atoms. The molecule has 3 heteroatoms. The van der Waals surface area contributed by atoms with E-state index >= 15 is 0 Å². The molecule has 1 heterocycles. The maximum absolute atomic E-state index is 12.0. The lowest BCUT2D eigenvalue weighted by Crippen LogP contribution is -2.14. The first-order valence-corrected chi connectivity index (χ1v) is 6.30. The van der Waals surface area contributed by atoms with E-state index in [1.807, 2.05) is 36.4 Å². The van der Waals surface area contributed by atoms with Crippen molar-refractivity contribution in [2.75, 3.05) is 5.32 Å². The number of anilines is 1. The topological polar surface area (TPSA) is 42.0 Å². The number of carbonyl (C=O) groups excluding carboxylic acids is 1. The quantitative estimate of drug-likeness (QED) is 0.889. The fraction of sp³-hybridized carbons (Fsp3) is 0.250. The van der Waals surface area contributed by atoms with Crippen LogP contribution in [-0.4, -0.2) is 10.9 Å². The molecular weight excluding hydrogens is 236 g/mol. The number of pyridine rings is 1. The van der Waals surface area contributed by atoms with Crippen LogP contribution in [-0.2, 0) is 5.41 Å². The van der Waals surface area contributed by atoms with Gasteiger partial charge < -0.3 is 5.32 Å². The number of rotatable bonds is 2. The van der Waals surface area contributed by atoms with Crippen LogP contribution in [0.5, 0.6) is 0 Å². The van der Waals surface area contributed by atoms with Crippen LogP contribution in [0.3, 0.4) is 0 Å². The van der Waals surface area contributed by atoms with Crippen molar-refractivity contribution in [3.8, 4) is 0 Å². The fourth-order valence-corrected chi connectivity index (χ4v) is 1.75. The van der Waals surface area contributed by atoms with Crippen LogP contribution >= 0.6 is 0 Å². The SMILES string of the molecule is CC(C)(C)c1ccc(C(=O)Nc2ccccn2)cc1. The van der Waals surface area contributed by atoms with Gasteiger partial charge in [0.25, 0.3) is 5.91 Å². The van der Waals surface area contributed by atoms with Crippen LogP contribution < -0.4 is 5.32 Å². The molecule has 98 valence electrons. The molecule has 0 atom stereocenters. The number of hydrogen-bond acceptors (Lipinski definition) is 2. The summed E-state index contributed by atoms with van der Waals surface area (Å²) in [6.45, 7) is 6.45. The summed E-state index contributed by atoms with van der Waals surface area (Å²) < 4.78 is 0. The van der Waals surface area contributed by atoms with E-state index < -0.39 is 0 Å². The Balaban J connectivity index is 2.12. The van der Waals surface area contributed by atoms with Gasteiger partial charge in [-0.05, 0) is 35.2 Å². The van der Waals surface area contributed by atoms with E-state index in [0.29, 0.717) is 11.4 Å². The number of nitrogens with one attached hydrogen (secondary N) is 1. The summed E-state index contributed by atoms with van der Waals surface area (Å²) in [7, 11) is 0. The molecule has 0 radical (unpaired) electrons. The van der Waals surface area contributed by atoms with Gasteiger partial charge in [0.15, 0.2) is 0 Å². The molecule has 19 heavy (non-hydrogen) atoms. The molecule has 3 nitrogen and oxygen atoms in total. The lowest BCUT2D eigenvalue weighted by atomic mass is 9.87. The summed E-state index contributed by atoms with van der Waals surface area (Å²) >= 11 is 0. The van der Waals surface area contributed by atoms with E-state index in [0.717, 1.165) is 0 Å². The highest BCUT2D eigenvalue weighted by Gasteiger charge is 2.14. The van der Waals surface area contributed by atoms with Crippen LogP contribution in [0, 0.1) is 0 Å². The van der Waals surface area contributed by atoms with Crippen molar-refractivity contribution in [1.29, 1.82) is 0 Å². The minimum Gasteiger partial charge on any atom is -0.307 e.